The molecule has 0 amide bonds. The summed E-state index contributed by atoms with van der Waals surface area (Å²) in [7, 11) is 3.18. The van der Waals surface area contributed by atoms with E-state index in [0.29, 0.717) is 12.1 Å². The molecule has 0 spiro atoms. The Balaban J connectivity index is 3.04. The molecule has 0 saturated carbocycles. The Kier molecular flexibility index (Phi) is 4.30. The van der Waals surface area contributed by atoms with Gasteiger partial charge in [0.05, 0.1) is 18.6 Å². The lowest BCUT2D eigenvalue weighted by Gasteiger charge is -2.00. The molecule has 0 aromatic heterocycles. The first-order valence-corrected chi connectivity index (χ1v) is 4.65. The largest absolute Gasteiger partial charge is 0.490 e. The van der Waals surface area contributed by atoms with Crippen molar-refractivity contribution in [1.82, 2.24) is 5.32 Å². The van der Waals surface area contributed by atoms with Gasteiger partial charge in [0.15, 0.2) is 5.75 Å². The van der Waals surface area contributed by atoms with Gasteiger partial charge in [-0.25, -0.2) is 0 Å². The summed E-state index contributed by atoms with van der Waals surface area (Å²) < 4.78 is 4.89. The van der Waals surface area contributed by atoms with Crippen LogP contribution in [-0.2, 0) is 0 Å². The smallest absolute Gasteiger partial charge is 0.312 e. The number of rotatable bonds is 3. The maximum Gasteiger partial charge on any atom is 0.312 e. The van der Waals surface area contributed by atoms with Crippen LogP contribution in [0.4, 0.5) is 5.69 Å². The summed E-state index contributed by atoms with van der Waals surface area (Å²) in [6, 6.07) is 4.64. The van der Waals surface area contributed by atoms with E-state index in [0.717, 1.165) is 0 Å². The van der Waals surface area contributed by atoms with Gasteiger partial charge >= 0.3 is 5.69 Å². The number of hydrogen-bond acceptors (Lipinski definition) is 4. The molecule has 0 aliphatic rings. The predicted octanol–water partition coefficient (Wildman–Crippen LogP) is 1.17. The minimum Gasteiger partial charge on any atom is -0.490 e. The molecule has 0 aliphatic heterocycles. The van der Waals surface area contributed by atoms with E-state index in [4.69, 9.17) is 4.74 Å². The van der Waals surface area contributed by atoms with E-state index < -0.39 is 4.92 Å². The van der Waals surface area contributed by atoms with Crippen molar-refractivity contribution < 1.29 is 9.66 Å². The Hall–Kier alpha value is -2.06. The molecule has 0 saturated heterocycles. The fourth-order valence-electron chi connectivity index (χ4n) is 1.15. The van der Waals surface area contributed by atoms with Gasteiger partial charge in [0.2, 0.25) is 0 Å². The standard InChI is InChI=1S/C11H12N2O3/c1-12-7-3-4-9-5-6-11(16-2)10(8-9)13(14)15/h5-6,8,12H,7H2,1-2H3. The lowest BCUT2D eigenvalue weighted by molar-refractivity contribution is -0.385. The van der Waals surface area contributed by atoms with Gasteiger partial charge in [-0.15, -0.1) is 0 Å². The molecule has 84 valence electrons. The van der Waals surface area contributed by atoms with Crippen molar-refractivity contribution in [3.8, 4) is 17.6 Å². The van der Waals surface area contributed by atoms with Crippen LogP contribution in [0.1, 0.15) is 5.56 Å². The average Bonchev–Trinajstić information content (AvgIpc) is 2.29. The minimum atomic E-state index is -0.484. The van der Waals surface area contributed by atoms with Crippen LogP contribution in [-0.4, -0.2) is 25.6 Å². The van der Waals surface area contributed by atoms with Crippen molar-refractivity contribution in [3.05, 3.63) is 33.9 Å². The van der Waals surface area contributed by atoms with Crippen molar-refractivity contribution in [3.63, 3.8) is 0 Å². The summed E-state index contributed by atoms with van der Waals surface area (Å²) in [5.74, 6) is 5.89. The number of ether oxygens (including phenoxy) is 1. The normalized spacial score (nSPS) is 9.12. The first-order chi connectivity index (χ1) is 7.69. The van der Waals surface area contributed by atoms with E-state index in [1.54, 1.807) is 19.2 Å². The van der Waals surface area contributed by atoms with Crippen molar-refractivity contribution in [2.75, 3.05) is 20.7 Å². The molecule has 0 heterocycles. The van der Waals surface area contributed by atoms with Crippen molar-refractivity contribution in [1.29, 1.82) is 0 Å². The Morgan fingerprint density at radius 2 is 2.31 bits per heavy atom. The number of nitrogens with zero attached hydrogens (tertiary/aromatic N) is 1. The average molecular weight is 220 g/mol. The highest BCUT2D eigenvalue weighted by Gasteiger charge is 2.14. The third-order valence-electron chi connectivity index (χ3n) is 1.87. The lowest BCUT2D eigenvalue weighted by Crippen LogP contribution is -2.04. The lowest BCUT2D eigenvalue weighted by atomic mass is 10.2. The number of benzene rings is 1. The van der Waals surface area contributed by atoms with Crippen LogP contribution in [0.25, 0.3) is 0 Å². The van der Waals surface area contributed by atoms with Gasteiger partial charge in [0, 0.05) is 11.6 Å². The molecule has 0 unspecified atom stereocenters. The van der Waals surface area contributed by atoms with E-state index in [9.17, 15) is 10.1 Å². The third kappa shape index (κ3) is 2.97. The Labute approximate surface area is 93.6 Å². The minimum absolute atomic E-state index is 0.0706. The predicted molar refractivity (Wildman–Crippen MR) is 60.5 cm³/mol. The fraction of sp³-hybridized carbons (Fsp3) is 0.273. The van der Waals surface area contributed by atoms with E-state index >= 15 is 0 Å². The van der Waals surface area contributed by atoms with Crippen LogP contribution in [0.15, 0.2) is 18.2 Å². The fourth-order valence-corrected chi connectivity index (χ4v) is 1.15. The van der Waals surface area contributed by atoms with Gasteiger partial charge in [0.25, 0.3) is 0 Å². The Morgan fingerprint density at radius 1 is 1.56 bits per heavy atom. The topological polar surface area (TPSA) is 64.4 Å². The summed E-state index contributed by atoms with van der Waals surface area (Å²) in [6.07, 6.45) is 0. The molecule has 16 heavy (non-hydrogen) atoms. The van der Waals surface area contributed by atoms with Crippen molar-refractivity contribution >= 4 is 5.69 Å². The van der Waals surface area contributed by atoms with Gasteiger partial charge in [-0.3, -0.25) is 10.1 Å². The summed E-state index contributed by atoms with van der Waals surface area (Å²) >= 11 is 0. The summed E-state index contributed by atoms with van der Waals surface area (Å²) in [5, 5.41) is 13.6. The van der Waals surface area contributed by atoms with Crippen LogP contribution in [0, 0.1) is 22.0 Å². The zero-order chi connectivity index (χ0) is 12.0. The zero-order valence-corrected chi connectivity index (χ0v) is 9.11. The maximum atomic E-state index is 10.7. The van der Waals surface area contributed by atoms with E-state index in [2.05, 4.69) is 17.2 Å². The molecule has 1 N–H and O–H groups in total. The number of nitro groups is 1. The van der Waals surface area contributed by atoms with E-state index in [1.165, 1.54) is 13.2 Å². The second kappa shape index (κ2) is 5.73. The molecule has 0 bridgehead atoms. The molecule has 5 heteroatoms. The second-order valence-electron chi connectivity index (χ2n) is 2.98. The van der Waals surface area contributed by atoms with Crippen LogP contribution >= 0.6 is 0 Å². The Morgan fingerprint density at radius 3 is 2.88 bits per heavy atom. The molecule has 0 radical (unpaired) electrons. The zero-order valence-electron chi connectivity index (χ0n) is 9.11. The molecule has 0 fully saturated rings. The van der Waals surface area contributed by atoms with Crippen LogP contribution in [0.3, 0.4) is 0 Å². The summed E-state index contributed by atoms with van der Waals surface area (Å²) in [4.78, 5) is 10.2. The van der Waals surface area contributed by atoms with Crippen LogP contribution < -0.4 is 10.1 Å². The quantitative estimate of drug-likeness (QED) is 0.472. The Bertz CT molecular complexity index is 446. The number of hydrogen-bond donors (Lipinski definition) is 1. The van der Waals surface area contributed by atoms with Gasteiger partial charge in [0.1, 0.15) is 0 Å². The van der Waals surface area contributed by atoms with E-state index in [-0.39, 0.29) is 11.4 Å². The van der Waals surface area contributed by atoms with E-state index in [1.807, 2.05) is 0 Å². The van der Waals surface area contributed by atoms with Gasteiger partial charge in [-0.05, 0) is 19.2 Å². The highest BCUT2D eigenvalue weighted by molar-refractivity contribution is 5.52. The van der Waals surface area contributed by atoms with Gasteiger partial charge in [-0.2, -0.15) is 0 Å². The molecular weight excluding hydrogens is 208 g/mol. The first-order valence-electron chi connectivity index (χ1n) is 4.65. The number of methoxy groups -OCH3 is 1. The SMILES string of the molecule is CNCC#Cc1ccc(OC)c([N+](=O)[O-])c1. The second-order valence-corrected chi connectivity index (χ2v) is 2.98. The number of nitrogens with one attached hydrogen (secondary N) is 1. The summed E-state index contributed by atoms with van der Waals surface area (Å²) in [5.41, 5.74) is 0.529. The van der Waals surface area contributed by atoms with Gasteiger partial charge in [-0.1, -0.05) is 11.8 Å². The monoisotopic (exact) mass is 220 g/mol. The van der Waals surface area contributed by atoms with Crippen molar-refractivity contribution in [2.45, 2.75) is 0 Å². The molecule has 0 aliphatic carbocycles. The molecule has 1 aromatic carbocycles. The summed E-state index contributed by atoms with van der Waals surface area (Å²) in [6.45, 7) is 0.541. The highest BCUT2D eigenvalue weighted by atomic mass is 16.6. The third-order valence-corrected chi connectivity index (χ3v) is 1.87. The molecular formula is C11H12N2O3. The van der Waals surface area contributed by atoms with Gasteiger partial charge < -0.3 is 10.1 Å². The van der Waals surface area contributed by atoms with Crippen LogP contribution in [0.2, 0.25) is 0 Å². The highest BCUT2D eigenvalue weighted by Crippen LogP contribution is 2.26. The molecule has 5 nitrogen and oxygen atoms in total. The number of nitro benzene ring substituents is 1. The van der Waals surface area contributed by atoms with Crippen molar-refractivity contribution in [2.24, 2.45) is 0 Å². The molecule has 0 atom stereocenters. The first kappa shape index (κ1) is 12.0. The maximum absolute atomic E-state index is 10.7. The molecule has 1 aromatic rings. The molecule has 1 rings (SSSR count). The van der Waals surface area contributed by atoms with Crippen LogP contribution in [0.5, 0.6) is 5.75 Å².